The Kier molecular flexibility index (Phi) is 4.65. The number of nitrogens with zero attached hydrogens (tertiary/aromatic N) is 2. The summed E-state index contributed by atoms with van der Waals surface area (Å²) in [6.07, 6.45) is 5.91. The lowest BCUT2D eigenvalue weighted by Crippen LogP contribution is -2.23. The number of aromatic nitrogens is 1. The fourth-order valence-corrected chi connectivity index (χ4v) is 5.91. The Morgan fingerprint density at radius 3 is 2.95 bits per heavy atom. The van der Waals surface area contributed by atoms with E-state index in [1.54, 1.807) is 40.6 Å². The molecule has 0 spiro atoms. The lowest BCUT2D eigenvalue weighted by molar-refractivity contribution is 0.102. The third-order valence-electron chi connectivity index (χ3n) is 3.20. The second-order valence-electron chi connectivity index (χ2n) is 4.62. The fourth-order valence-electron chi connectivity index (χ4n) is 2.13. The van der Waals surface area contributed by atoms with Crippen molar-refractivity contribution >= 4 is 38.2 Å². The van der Waals surface area contributed by atoms with Gasteiger partial charge in [0.2, 0.25) is 0 Å². The lowest BCUT2D eigenvalue weighted by atomic mass is 10.2. The van der Waals surface area contributed by atoms with Crippen LogP contribution in [-0.4, -0.2) is 29.6 Å². The predicted molar refractivity (Wildman–Crippen MR) is 85.7 cm³/mol. The summed E-state index contributed by atoms with van der Waals surface area (Å²) in [7, 11) is 3.59. The largest absolute Gasteiger partial charge is 0.293 e. The highest BCUT2D eigenvalue weighted by Gasteiger charge is 2.15. The maximum atomic E-state index is 12.0. The molecule has 1 aliphatic rings. The average molecular weight is 323 g/mol. The van der Waals surface area contributed by atoms with E-state index in [2.05, 4.69) is 15.6 Å². The molecule has 0 saturated carbocycles. The zero-order valence-corrected chi connectivity index (χ0v) is 13.4. The summed E-state index contributed by atoms with van der Waals surface area (Å²) in [5, 5.41) is 0. The van der Waals surface area contributed by atoms with Gasteiger partial charge in [0.1, 0.15) is 13.1 Å². The van der Waals surface area contributed by atoms with Crippen LogP contribution in [0, 0.1) is 0 Å². The van der Waals surface area contributed by atoms with Crippen LogP contribution in [0.4, 0.5) is 0 Å². The van der Waals surface area contributed by atoms with Crippen LogP contribution in [0.2, 0.25) is 0 Å². The molecule has 104 valence electrons. The molecule has 3 nitrogen and oxygen atoms in total. The highest BCUT2D eigenvalue weighted by atomic mass is 32.9. The number of carbonyl (C=O) groups excluding carboxylic acids is 1. The van der Waals surface area contributed by atoms with Crippen molar-refractivity contribution in [3.8, 4) is 0 Å². The molecule has 0 bridgehead atoms. The molecule has 0 atom stereocenters. The summed E-state index contributed by atoms with van der Waals surface area (Å²) in [5.74, 6) is 0.627. The van der Waals surface area contributed by atoms with E-state index in [9.17, 15) is 4.79 Å². The van der Waals surface area contributed by atoms with Gasteiger partial charge in [0.15, 0.2) is 5.78 Å². The quantitative estimate of drug-likeness (QED) is 0.375. The number of pyridine rings is 1. The molecular formula is C14H15N2OS3+. The van der Waals surface area contributed by atoms with E-state index < -0.39 is 0 Å². The van der Waals surface area contributed by atoms with E-state index in [0.717, 1.165) is 0 Å². The first-order valence-corrected chi connectivity index (χ1v) is 9.70. The Labute approximate surface area is 129 Å². The minimum atomic E-state index is 0.143. The SMILES string of the molecule is O=C(CSc1cc(=[N+]2CCCC2)ss1)c1cccnc1. The number of hydrogen-bond acceptors (Lipinski definition) is 5. The van der Waals surface area contributed by atoms with Gasteiger partial charge < -0.3 is 0 Å². The van der Waals surface area contributed by atoms with Crippen molar-refractivity contribution in [2.45, 2.75) is 17.1 Å². The number of carbonyl (C=O) groups is 1. The molecule has 6 heteroatoms. The van der Waals surface area contributed by atoms with Gasteiger partial charge in [-0.2, -0.15) is 0 Å². The van der Waals surface area contributed by atoms with Gasteiger partial charge in [-0.05, 0) is 22.5 Å². The van der Waals surface area contributed by atoms with Gasteiger partial charge in [-0.1, -0.05) is 10.3 Å². The van der Waals surface area contributed by atoms with Gasteiger partial charge in [0, 0.05) is 36.9 Å². The van der Waals surface area contributed by atoms with Crippen molar-refractivity contribution in [2.75, 3.05) is 18.8 Å². The van der Waals surface area contributed by atoms with Gasteiger partial charge in [-0.25, -0.2) is 4.58 Å². The minimum absolute atomic E-state index is 0.143. The number of thioether (sulfide) groups is 1. The van der Waals surface area contributed by atoms with Gasteiger partial charge in [-0.15, -0.1) is 11.8 Å². The Bertz CT molecular complexity index is 652. The maximum absolute atomic E-state index is 12.0. The third-order valence-corrected chi connectivity index (χ3v) is 7.14. The van der Waals surface area contributed by atoms with E-state index in [0.29, 0.717) is 11.3 Å². The molecule has 0 radical (unpaired) electrons. The van der Waals surface area contributed by atoms with Crippen molar-refractivity contribution < 1.29 is 4.79 Å². The second-order valence-corrected chi connectivity index (χ2v) is 8.08. The topological polar surface area (TPSA) is 33.0 Å². The standard InChI is InChI=1S/C14H15N2OS3/c17-12(11-4-3-5-15-9-11)10-18-14-8-13(19-20-14)16-6-1-2-7-16/h3-5,8-9H,1-2,6-7,10H2/q+1. The van der Waals surface area contributed by atoms with Crippen LogP contribution in [0.25, 0.3) is 0 Å². The molecule has 0 amide bonds. The Morgan fingerprint density at radius 1 is 1.35 bits per heavy atom. The van der Waals surface area contributed by atoms with Crippen LogP contribution >= 0.6 is 32.4 Å². The first kappa shape index (κ1) is 14.0. The summed E-state index contributed by atoms with van der Waals surface area (Å²) in [6.45, 7) is 2.35. The predicted octanol–water partition coefficient (Wildman–Crippen LogP) is 2.75. The van der Waals surface area contributed by atoms with Crippen LogP contribution in [0.3, 0.4) is 0 Å². The fraction of sp³-hybridized carbons (Fsp3) is 0.357. The zero-order chi connectivity index (χ0) is 13.8. The number of rotatable bonds is 4. The van der Waals surface area contributed by atoms with E-state index in [-0.39, 0.29) is 5.78 Å². The molecule has 3 heterocycles. The molecule has 2 aromatic heterocycles. The Morgan fingerprint density at radius 2 is 2.20 bits per heavy atom. The summed E-state index contributed by atoms with van der Waals surface area (Å²) >= 11 is 1.63. The summed E-state index contributed by atoms with van der Waals surface area (Å²) < 4.78 is 5.02. The minimum Gasteiger partial charge on any atom is -0.293 e. The highest BCUT2D eigenvalue weighted by Crippen LogP contribution is 2.25. The molecule has 1 aliphatic heterocycles. The molecule has 0 unspecified atom stereocenters. The molecule has 0 N–H and O–H groups in total. The smallest absolute Gasteiger partial charge is 0.268 e. The van der Waals surface area contributed by atoms with Crippen molar-refractivity contribution in [3.05, 3.63) is 40.8 Å². The third kappa shape index (κ3) is 3.37. The second kappa shape index (κ2) is 6.65. The molecule has 2 aromatic rings. The first-order valence-electron chi connectivity index (χ1n) is 6.57. The van der Waals surface area contributed by atoms with Crippen LogP contribution in [-0.2, 0) is 0 Å². The number of hydrogen-bond donors (Lipinski definition) is 0. The van der Waals surface area contributed by atoms with Gasteiger partial charge in [0.25, 0.3) is 4.67 Å². The molecule has 3 rings (SSSR count). The molecule has 1 fully saturated rings. The Hall–Kier alpha value is -0.980. The normalized spacial score (nSPS) is 14.7. The van der Waals surface area contributed by atoms with Gasteiger partial charge in [-0.3, -0.25) is 9.78 Å². The van der Waals surface area contributed by atoms with Crippen LogP contribution in [0.1, 0.15) is 23.2 Å². The van der Waals surface area contributed by atoms with Crippen molar-refractivity contribution in [1.82, 2.24) is 9.56 Å². The lowest BCUT2D eigenvalue weighted by Gasteiger charge is -1.97. The van der Waals surface area contributed by atoms with Crippen molar-refractivity contribution in [1.29, 1.82) is 0 Å². The van der Waals surface area contributed by atoms with Crippen LogP contribution in [0.5, 0.6) is 0 Å². The first-order chi connectivity index (χ1) is 9.83. The molecular weight excluding hydrogens is 308 g/mol. The van der Waals surface area contributed by atoms with E-state index in [1.165, 1.54) is 34.8 Å². The summed E-state index contributed by atoms with van der Waals surface area (Å²) in [4.78, 5) is 16.0. The van der Waals surface area contributed by atoms with Crippen LogP contribution < -0.4 is 9.25 Å². The Balaban J connectivity index is 1.65. The molecule has 20 heavy (non-hydrogen) atoms. The van der Waals surface area contributed by atoms with E-state index in [4.69, 9.17) is 0 Å². The maximum Gasteiger partial charge on any atom is 0.268 e. The monoisotopic (exact) mass is 323 g/mol. The van der Waals surface area contributed by atoms with E-state index in [1.807, 2.05) is 16.4 Å². The van der Waals surface area contributed by atoms with Crippen molar-refractivity contribution in [2.24, 2.45) is 0 Å². The van der Waals surface area contributed by atoms with Crippen LogP contribution in [0.15, 0.2) is 34.8 Å². The average Bonchev–Trinajstić information content (AvgIpc) is 3.16. The highest BCUT2D eigenvalue weighted by molar-refractivity contribution is 8.03. The molecule has 0 aromatic carbocycles. The summed E-state index contributed by atoms with van der Waals surface area (Å²) in [6, 6.07) is 5.85. The molecule has 1 saturated heterocycles. The van der Waals surface area contributed by atoms with Gasteiger partial charge >= 0.3 is 0 Å². The van der Waals surface area contributed by atoms with Crippen molar-refractivity contribution in [3.63, 3.8) is 0 Å². The number of Topliss-reactive ketones (excluding diaryl/α,β-unsaturated/α-hetero) is 1. The zero-order valence-electron chi connectivity index (χ0n) is 10.9. The van der Waals surface area contributed by atoms with Gasteiger partial charge in [0.05, 0.1) is 9.96 Å². The molecule has 0 aliphatic carbocycles. The number of ketones is 1. The summed E-state index contributed by atoms with van der Waals surface area (Å²) in [5.41, 5.74) is 0.694. The van der Waals surface area contributed by atoms with E-state index >= 15 is 0 Å².